The number of carbonyl (C=O) groups is 2. The Morgan fingerprint density at radius 3 is 2.61 bits per heavy atom. The van der Waals surface area contributed by atoms with Crippen LogP contribution in [0.1, 0.15) is 39.3 Å². The van der Waals surface area contributed by atoms with Crippen LogP contribution in [0.2, 0.25) is 0 Å². The second kappa shape index (κ2) is 10.6. The lowest BCUT2D eigenvalue weighted by molar-refractivity contribution is -0.123. The number of hydrogen-bond donors (Lipinski definition) is 1. The number of halogens is 2. The van der Waals surface area contributed by atoms with Crippen LogP contribution in [-0.4, -0.2) is 57.6 Å². The van der Waals surface area contributed by atoms with E-state index in [0.717, 1.165) is 36.7 Å². The first kappa shape index (κ1) is 24.1. The molecule has 2 aliphatic heterocycles. The molecular formula is C27H29F2N5O2. The van der Waals surface area contributed by atoms with Gasteiger partial charge in [0.25, 0.3) is 5.91 Å². The van der Waals surface area contributed by atoms with Crippen LogP contribution in [0.15, 0.2) is 48.5 Å². The topological polar surface area (TPSA) is 70.5 Å². The highest BCUT2D eigenvalue weighted by molar-refractivity contribution is 5.97. The maximum Gasteiger partial charge on any atom is 0.275 e. The zero-order valence-corrected chi connectivity index (χ0v) is 20.1. The summed E-state index contributed by atoms with van der Waals surface area (Å²) < 4.78 is 29.0. The molecule has 1 aromatic heterocycles. The molecule has 0 spiro atoms. The van der Waals surface area contributed by atoms with Crippen molar-refractivity contribution in [3.05, 3.63) is 88.2 Å². The van der Waals surface area contributed by atoms with Crippen LogP contribution in [-0.2, 0) is 37.3 Å². The molecule has 0 radical (unpaired) electrons. The lowest BCUT2D eigenvalue weighted by atomic mass is 10.0. The number of piperazine rings is 1. The van der Waals surface area contributed by atoms with Crippen LogP contribution in [0.4, 0.5) is 8.78 Å². The molecule has 2 amide bonds. The second-order valence-corrected chi connectivity index (χ2v) is 9.37. The predicted octanol–water partition coefficient (Wildman–Crippen LogP) is 2.92. The number of nitrogens with one attached hydrogen (secondary N) is 1. The summed E-state index contributed by atoms with van der Waals surface area (Å²) in [6.07, 6.45) is 2.49. The van der Waals surface area contributed by atoms with Crippen molar-refractivity contribution in [1.29, 1.82) is 0 Å². The summed E-state index contributed by atoms with van der Waals surface area (Å²) in [5, 5.41) is 7.50. The largest absolute Gasteiger partial charge is 0.353 e. The number of fused-ring (bicyclic) bond motifs is 1. The Morgan fingerprint density at radius 1 is 1.00 bits per heavy atom. The van der Waals surface area contributed by atoms with E-state index < -0.39 is 11.6 Å². The molecule has 0 saturated carbocycles. The Balaban J connectivity index is 1.37. The fraction of sp³-hybridized carbons (Fsp3) is 0.370. The van der Waals surface area contributed by atoms with Gasteiger partial charge in [0.2, 0.25) is 5.91 Å². The molecule has 188 valence electrons. The van der Waals surface area contributed by atoms with Crippen molar-refractivity contribution >= 4 is 11.8 Å². The van der Waals surface area contributed by atoms with Gasteiger partial charge in [-0.25, -0.2) is 8.78 Å². The molecule has 1 fully saturated rings. The standard InChI is InChI=1S/C27H29F2N5O2/c28-22-9-8-20(15-23(22)29)16-32-13-10-24-21(17-32)26(27(36)33-14-11-30-25(35)18-33)31-34(24)12-4-7-19-5-2-1-3-6-19/h1-3,5-6,8-9,15H,4,7,10-14,16-18H2,(H,30,35). The fourth-order valence-corrected chi connectivity index (χ4v) is 4.97. The van der Waals surface area contributed by atoms with Gasteiger partial charge >= 0.3 is 0 Å². The number of aromatic nitrogens is 2. The third-order valence-corrected chi connectivity index (χ3v) is 6.81. The zero-order valence-electron chi connectivity index (χ0n) is 20.1. The number of rotatable bonds is 7. The fourth-order valence-electron chi connectivity index (χ4n) is 4.97. The van der Waals surface area contributed by atoms with Gasteiger partial charge in [-0.3, -0.25) is 19.2 Å². The van der Waals surface area contributed by atoms with Gasteiger partial charge in [-0.1, -0.05) is 36.4 Å². The van der Waals surface area contributed by atoms with E-state index in [0.29, 0.717) is 50.4 Å². The van der Waals surface area contributed by atoms with Crippen LogP contribution >= 0.6 is 0 Å². The average Bonchev–Trinajstić information content (AvgIpc) is 3.24. The maximum absolute atomic E-state index is 13.7. The van der Waals surface area contributed by atoms with E-state index in [4.69, 9.17) is 5.10 Å². The van der Waals surface area contributed by atoms with Crippen LogP contribution in [0, 0.1) is 11.6 Å². The predicted molar refractivity (Wildman–Crippen MR) is 130 cm³/mol. The number of nitrogens with zero attached hydrogens (tertiary/aromatic N) is 4. The summed E-state index contributed by atoms with van der Waals surface area (Å²) in [7, 11) is 0. The van der Waals surface area contributed by atoms with Crippen molar-refractivity contribution in [2.24, 2.45) is 0 Å². The van der Waals surface area contributed by atoms with Gasteiger partial charge in [-0.2, -0.15) is 5.10 Å². The minimum atomic E-state index is -0.866. The van der Waals surface area contributed by atoms with E-state index in [1.807, 2.05) is 22.9 Å². The second-order valence-electron chi connectivity index (χ2n) is 9.37. The van der Waals surface area contributed by atoms with Gasteiger partial charge < -0.3 is 10.2 Å². The molecule has 2 aromatic carbocycles. The summed E-state index contributed by atoms with van der Waals surface area (Å²) in [6.45, 7) is 3.21. The molecule has 0 atom stereocenters. The molecule has 9 heteroatoms. The summed E-state index contributed by atoms with van der Waals surface area (Å²) in [5.41, 5.74) is 4.21. The average molecular weight is 494 g/mol. The zero-order chi connectivity index (χ0) is 25.1. The van der Waals surface area contributed by atoms with Crippen molar-refractivity contribution in [3.8, 4) is 0 Å². The van der Waals surface area contributed by atoms with Crippen molar-refractivity contribution in [1.82, 2.24) is 24.9 Å². The van der Waals surface area contributed by atoms with Crippen LogP contribution in [0.5, 0.6) is 0 Å². The molecule has 5 rings (SSSR count). The Bertz CT molecular complexity index is 1260. The summed E-state index contributed by atoms with van der Waals surface area (Å²) in [5.74, 6) is -2.14. The molecule has 3 aromatic rings. The first-order valence-corrected chi connectivity index (χ1v) is 12.3. The van der Waals surface area contributed by atoms with Gasteiger partial charge in [0.15, 0.2) is 17.3 Å². The third kappa shape index (κ3) is 5.31. The number of carbonyl (C=O) groups excluding carboxylic acids is 2. The molecular weight excluding hydrogens is 464 g/mol. The first-order chi connectivity index (χ1) is 17.5. The molecule has 0 unspecified atom stereocenters. The van der Waals surface area contributed by atoms with Crippen LogP contribution in [0.25, 0.3) is 0 Å². The Morgan fingerprint density at radius 2 is 1.83 bits per heavy atom. The summed E-state index contributed by atoms with van der Waals surface area (Å²) in [4.78, 5) is 29.0. The molecule has 3 heterocycles. The first-order valence-electron chi connectivity index (χ1n) is 12.3. The smallest absolute Gasteiger partial charge is 0.275 e. The monoisotopic (exact) mass is 493 g/mol. The number of hydrogen-bond acceptors (Lipinski definition) is 4. The minimum Gasteiger partial charge on any atom is -0.353 e. The van der Waals surface area contributed by atoms with E-state index in [2.05, 4.69) is 22.3 Å². The van der Waals surface area contributed by atoms with Gasteiger partial charge in [0, 0.05) is 56.9 Å². The molecule has 1 saturated heterocycles. The van der Waals surface area contributed by atoms with Gasteiger partial charge in [-0.05, 0) is 36.1 Å². The summed E-state index contributed by atoms with van der Waals surface area (Å²) >= 11 is 0. The highest BCUT2D eigenvalue weighted by Crippen LogP contribution is 2.26. The molecule has 36 heavy (non-hydrogen) atoms. The van der Waals surface area contributed by atoms with Gasteiger partial charge in [-0.15, -0.1) is 0 Å². The maximum atomic E-state index is 13.7. The highest BCUT2D eigenvalue weighted by Gasteiger charge is 2.32. The molecule has 1 N–H and O–H groups in total. The van der Waals surface area contributed by atoms with Crippen molar-refractivity contribution in [3.63, 3.8) is 0 Å². The van der Waals surface area contributed by atoms with Crippen molar-refractivity contribution < 1.29 is 18.4 Å². The minimum absolute atomic E-state index is 0.0209. The van der Waals surface area contributed by atoms with Gasteiger partial charge in [0.05, 0.1) is 6.54 Å². The van der Waals surface area contributed by atoms with Crippen LogP contribution in [0.3, 0.4) is 0 Å². The molecule has 7 nitrogen and oxygen atoms in total. The quantitative estimate of drug-likeness (QED) is 0.550. The Kier molecular flexibility index (Phi) is 7.09. The molecule has 0 aliphatic carbocycles. The number of aryl methyl sites for hydroxylation is 2. The van der Waals surface area contributed by atoms with E-state index in [9.17, 15) is 18.4 Å². The lowest BCUT2D eigenvalue weighted by Crippen LogP contribution is -2.50. The Hall–Kier alpha value is -3.59. The van der Waals surface area contributed by atoms with Crippen molar-refractivity contribution in [2.75, 3.05) is 26.2 Å². The van der Waals surface area contributed by atoms with Crippen molar-refractivity contribution in [2.45, 2.75) is 38.9 Å². The SMILES string of the molecule is O=C1CN(C(=O)c2nn(CCCc3ccccc3)c3c2CN(Cc2ccc(F)c(F)c2)CC3)CCN1. The summed E-state index contributed by atoms with van der Waals surface area (Å²) in [6, 6.07) is 14.2. The lowest BCUT2D eigenvalue weighted by Gasteiger charge is -2.29. The molecule has 0 bridgehead atoms. The Labute approximate surface area is 208 Å². The van der Waals surface area contributed by atoms with E-state index >= 15 is 0 Å². The van der Waals surface area contributed by atoms with Gasteiger partial charge in [0.1, 0.15) is 0 Å². The highest BCUT2D eigenvalue weighted by atomic mass is 19.2. The molecule has 2 aliphatic rings. The van der Waals surface area contributed by atoms with E-state index in [-0.39, 0.29) is 18.4 Å². The van der Waals surface area contributed by atoms with E-state index in [1.54, 1.807) is 11.0 Å². The number of benzene rings is 2. The third-order valence-electron chi connectivity index (χ3n) is 6.81. The number of amides is 2. The van der Waals surface area contributed by atoms with Crippen LogP contribution < -0.4 is 5.32 Å². The van der Waals surface area contributed by atoms with E-state index in [1.165, 1.54) is 11.6 Å². The normalized spacial score (nSPS) is 16.1.